The molecular formula is C58H41N. The molecule has 0 saturated carbocycles. The number of anilines is 3. The van der Waals surface area contributed by atoms with Crippen molar-refractivity contribution in [2.24, 2.45) is 0 Å². The molecule has 278 valence electrons. The molecule has 0 aliphatic heterocycles. The first kappa shape index (κ1) is 35.7. The first-order valence-electron chi connectivity index (χ1n) is 20.2. The van der Waals surface area contributed by atoms with Crippen LogP contribution in [0.3, 0.4) is 0 Å². The maximum absolute atomic E-state index is 2.36. The van der Waals surface area contributed by atoms with Gasteiger partial charge in [-0.1, -0.05) is 212 Å². The lowest BCUT2D eigenvalue weighted by molar-refractivity contribution is 1.28. The fraction of sp³-hybridized carbons (Fsp3) is 0. The van der Waals surface area contributed by atoms with Crippen LogP contribution in [0.5, 0.6) is 0 Å². The zero-order valence-electron chi connectivity index (χ0n) is 32.6. The van der Waals surface area contributed by atoms with Gasteiger partial charge in [0.05, 0.1) is 0 Å². The molecule has 0 fully saturated rings. The van der Waals surface area contributed by atoms with Crippen molar-refractivity contribution in [2.75, 3.05) is 4.90 Å². The summed E-state index contributed by atoms with van der Waals surface area (Å²) in [5.41, 5.74) is 17.8. The normalized spacial score (nSPS) is 11.1. The van der Waals surface area contributed by atoms with Gasteiger partial charge in [-0.05, 0) is 114 Å². The molecule has 0 saturated heterocycles. The fourth-order valence-corrected chi connectivity index (χ4v) is 8.28. The lowest BCUT2D eigenvalue weighted by Gasteiger charge is -2.26. The average Bonchev–Trinajstić information content (AvgIpc) is 3.33. The highest BCUT2D eigenvalue weighted by molar-refractivity contribution is 6.06. The minimum absolute atomic E-state index is 1.09. The maximum atomic E-state index is 2.36. The quantitative estimate of drug-likeness (QED) is 0.142. The summed E-state index contributed by atoms with van der Waals surface area (Å²) in [5, 5.41) is 2.50. The van der Waals surface area contributed by atoms with Crippen LogP contribution in [-0.4, -0.2) is 0 Å². The highest BCUT2D eigenvalue weighted by atomic mass is 15.1. The molecule has 10 aromatic rings. The van der Waals surface area contributed by atoms with E-state index in [4.69, 9.17) is 0 Å². The topological polar surface area (TPSA) is 3.24 Å². The smallest absolute Gasteiger partial charge is 0.0467 e. The molecule has 0 radical (unpaired) electrons. The summed E-state index contributed by atoms with van der Waals surface area (Å²) in [6.45, 7) is 0. The zero-order chi connectivity index (χ0) is 39.4. The van der Waals surface area contributed by atoms with Crippen molar-refractivity contribution in [2.45, 2.75) is 0 Å². The second-order valence-electron chi connectivity index (χ2n) is 14.9. The van der Waals surface area contributed by atoms with Crippen LogP contribution >= 0.6 is 0 Å². The molecular weight excluding hydrogens is 711 g/mol. The number of rotatable bonds is 9. The lowest BCUT2D eigenvalue weighted by Crippen LogP contribution is -2.10. The van der Waals surface area contributed by atoms with Crippen molar-refractivity contribution in [3.63, 3.8) is 0 Å². The Morgan fingerprint density at radius 1 is 0.203 bits per heavy atom. The molecule has 0 bridgehead atoms. The van der Waals surface area contributed by atoms with Crippen LogP contribution in [-0.2, 0) is 0 Å². The molecule has 10 rings (SSSR count). The average molecular weight is 752 g/mol. The number of hydrogen-bond acceptors (Lipinski definition) is 1. The van der Waals surface area contributed by atoms with E-state index in [0.29, 0.717) is 0 Å². The van der Waals surface area contributed by atoms with Crippen molar-refractivity contribution in [3.05, 3.63) is 249 Å². The summed E-state index contributed by atoms with van der Waals surface area (Å²) in [6, 6.07) is 89.7. The standard InChI is InChI=1S/C58H41N/c1-4-13-42(14-5-1)44-25-27-45(28-26-44)46-29-31-48(32-30-46)52-21-10-22-55(41-52)59(53-37-33-47(34-38-53)43-15-6-2-7-16-43)54-39-35-50(36-40-54)57-24-12-20-51-19-11-23-56(58(51)57)49-17-8-3-9-18-49/h1-41H. The Balaban J connectivity index is 1.00. The Hall–Kier alpha value is -7.74. The summed E-state index contributed by atoms with van der Waals surface area (Å²) >= 11 is 0. The van der Waals surface area contributed by atoms with Crippen LogP contribution in [0.2, 0.25) is 0 Å². The predicted octanol–water partition coefficient (Wildman–Crippen LogP) is 16.3. The van der Waals surface area contributed by atoms with Crippen LogP contribution < -0.4 is 4.90 Å². The summed E-state index contributed by atoms with van der Waals surface area (Å²) < 4.78 is 0. The molecule has 59 heavy (non-hydrogen) atoms. The molecule has 1 heteroatoms. The molecule has 0 heterocycles. The molecule has 0 aliphatic carbocycles. The van der Waals surface area contributed by atoms with E-state index in [0.717, 1.165) is 17.1 Å². The van der Waals surface area contributed by atoms with Crippen LogP contribution in [0.4, 0.5) is 17.1 Å². The third kappa shape index (κ3) is 7.34. The molecule has 0 aliphatic rings. The highest BCUT2D eigenvalue weighted by Gasteiger charge is 2.16. The van der Waals surface area contributed by atoms with Gasteiger partial charge in [-0.25, -0.2) is 0 Å². The molecule has 0 N–H and O–H groups in total. The number of benzene rings is 10. The first-order chi connectivity index (χ1) is 29.2. The van der Waals surface area contributed by atoms with Gasteiger partial charge in [-0.3, -0.25) is 0 Å². The molecule has 0 spiro atoms. The van der Waals surface area contributed by atoms with E-state index >= 15 is 0 Å². The molecule has 0 unspecified atom stereocenters. The summed E-state index contributed by atoms with van der Waals surface area (Å²) in [7, 11) is 0. The van der Waals surface area contributed by atoms with Crippen molar-refractivity contribution >= 4 is 27.8 Å². The minimum Gasteiger partial charge on any atom is -0.310 e. The van der Waals surface area contributed by atoms with Gasteiger partial charge in [0.15, 0.2) is 0 Å². The number of nitrogens with zero attached hydrogens (tertiary/aromatic N) is 1. The maximum Gasteiger partial charge on any atom is 0.0467 e. The van der Waals surface area contributed by atoms with Gasteiger partial charge < -0.3 is 4.90 Å². The summed E-state index contributed by atoms with van der Waals surface area (Å²) in [4.78, 5) is 2.36. The second kappa shape index (κ2) is 16.0. The van der Waals surface area contributed by atoms with Crippen molar-refractivity contribution in [1.82, 2.24) is 0 Å². The summed E-state index contributed by atoms with van der Waals surface area (Å²) in [6.07, 6.45) is 0. The van der Waals surface area contributed by atoms with Crippen LogP contribution in [0.15, 0.2) is 249 Å². The van der Waals surface area contributed by atoms with Gasteiger partial charge >= 0.3 is 0 Å². The second-order valence-corrected chi connectivity index (χ2v) is 14.9. The Morgan fingerprint density at radius 2 is 0.525 bits per heavy atom. The van der Waals surface area contributed by atoms with Crippen molar-refractivity contribution in [3.8, 4) is 66.8 Å². The lowest BCUT2D eigenvalue weighted by atomic mass is 9.91. The van der Waals surface area contributed by atoms with E-state index in [2.05, 4.69) is 254 Å². The first-order valence-corrected chi connectivity index (χ1v) is 20.2. The fourth-order valence-electron chi connectivity index (χ4n) is 8.28. The summed E-state index contributed by atoms with van der Waals surface area (Å²) in [5.74, 6) is 0. The third-order valence-corrected chi connectivity index (χ3v) is 11.3. The Kier molecular flexibility index (Phi) is 9.68. The minimum atomic E-state index is 1.09. The van der Waals surface area contributed by atoms with Crippen molar-refractivity contribution < 1.29 is 0 Å². The van der Waals surface area contributed by atoms with Crippen molar-refractivity contribution in [1.29, 1.82) is 0 Å². The van der Waals surface area contributed by atoms with Crippen LogP contribution in [0, 0.1) is 0 Å². The number of fused-ring (bicyclic) bond motifs is 1. The van der Waals surface area contributed by atoms with E-state index in [1.807, 2.05) is 0 Å². The van der Waals surface area contributed by atoms with Gasteiger partial charge in [-0.2, -0.15) is 0 Å². The molecule has 10 aromatic carbocycles. The largest absolute Gasteiger partial charge is 0.310 e. The zero-order valence-corrected chi connectivity index (χ0v) is 32.6. The predicted molar refractivity (Wildman–Crippen MR) is 251 cm³/mol. The Bertz CT molecular complexity index is 2970. The van der Waals surface area contributed by atoms with Gasteiger partial charge in [-0.15, -0.1) is 0 Å². The van der Waals surface area contributed by atoms with E-state index in [-0.39, 0.29) is 0 Å². The van der Waals surface area contributed by atoms with E-state index in [1.54, 1.807) is 0 Å². The van der Waals surface area contributed by atoms with Gasteiger partial charge in [0.2, 0.25) is 0 Å². The number of hydrogen-bond donors (Lipinski definition) is 0. The van der Waals surface area contributed by atoms with E-state index in [1.165, 1.54) is 77.5 Å². The van der Waals surface area contributed by atoms with E-state index in [9.17, 15) is 0 Å². The monoisotopic (exact) mass is 751 g/mol. The van der Waals surface area contributed by atoms with Gasteiger partial charge in [0.25, 0.3) is 0 Å². The Labute approximate surface area is 346 Å². The molecule has 0 aromatic heterocycles. The van der Waals surface area contributed by atoms with Crippen LogP contribution in [0.25, 0.3) is 77.5 Å². The molecule has 0 amide bonds. The third-order valence-electron chi connectivity index (χ3n) is 11.3. The van der Waals surface area contributed by atoms with Gasteiger partial charge in [0.1, 0.15) is 0 Å². The molecule has 0 atom stereocenters. The van der Waals surface area contributed by atoms with Gasteiger partial charge in [0, 0.05) is 17.1 Å². The van der Waals surface area contributed by atoms with Crippen LogP contribution in [0.1, 0.15) is 0 Å². The highest BCUT2D eigenvalue weighted by Crippen LogP contribution is 2.41. The Morgan fingerprint density at radius 3 is 0.983 bits per heavy atom. The van der Waals surface area contributed by atoms with E-state index < -0.39 is 0 Å². The molecule has 1 nitrogen and oxygen atoms in total. The SMILES string of the molecule is c1ccc(-c2ccc(-c3ccc(-c4cccc(N(c5ccc(-c6ccccc6)cc5)c5ccc(-c6cccc7cccc(-c8ccccc8)c67)cc5)c4)cc3)cc2)cc1.